The van der Waals surface area contributed by atoms with Gasteiger partial charge in [-0.3, -0.25) is 10.1 Å². The molecule has 2 rings (SSSR count). The number of nitro groups is 1. The van der Waals surface area contributed by atoms with Crippen LogP contribution in [0.4, 0.5) is 17.1 Å². The maximum atomic E-state index is 10.9. The molecule has 3 N–H and O–H groups in total. The highest BCUT2D eigenvalue weighted by atomic mass is 16.6. The molecule has 0 saturated carbocycles. The van der Waals surface area contributed by atoms with Crippen molar-refractivity contribution in [2.24, 2.45) is 0 Å². The normalized spacial score (nSPS) is 10.5. The largest absolute Gasteiger partial charge is 0.395 e. The fraction of sp³-hybridized carbons (Fsp3) is 0.462. The van der Waals surface area contributed by atoms with Gasteiger partial charge in [-0.25, -0.2) is 4.68 Å². The van der Waals surface area contributed by atoms with Crippen LogP contribution in [0.3, 0.4) is 0 Å². The predicted octanol–water partition coefficient (Wildman–Crippen LogP) is 1.01. The van der Waals surface area contributed by atoms with Crippen LogP contribution < -0.4 is 10.6 Å². The highest BCUT2D eigenvalue weighted by Gasteiger charge is 2.12. The van der Waals surface area contributed by atoms with Gasteiger partial charge < -0.3 is 15.7 Å². The minimum atomic E-state index is -0.456. The van der Waals surface area contributed by atoms with Crippen LogP contribution in [0.5, 0.6) is 0 Å². The topological polar surface area (TPSA) is 131 Å². The summed E-state index contributed by atoms with van der Waals surface area (Å²) in [7, 11) is 0. The molecule has 1 heterocycles. The molecule has 10 heteroatoms. The molecule has 0 bridgehead atoms. The standard InChI is InChI=1S/C13H19N7O3/c1-2-6-19-13(16-17-18-19)9-15-12-8-10(20(22)23)3-4-11(12)14-5-7-21/h3-4,8,14-15,21H,2,5-7,9H2,1H3. The smallest absolute Gasteiger partial charge is 0.271 e. The second-order valence-corrected chi connectivity index (χ2v) is 4.81. The number of non-ortho nitro benzene ring substituents is 1. The zero-order valence-corrected chi connectivity index (χ0v) is 12.8. The molecule has 0 fully saturated rings. The van der Waals surface area contributed by atoms with Crippen molar-refractivity contribution in [1.29, 1.82) is 0 Å². The number of tetrazole rings is 1. The van der Waals surface area contributed by atoms with E-state index in [2.05, 4.69) is 26.2 Å². The van der Waals surface area contributed by atoms with Crippen LogP contribution in [0.2, 0.25) is 0 Å². The van der Waals surface area contributed by atoms with Crippen LogP contribution in [0, 0.1) is 10.1 Å². The number of benzene rings is 1. The lowest BCUT2D eigenvalue weighted by atomic mass is 10.2. The molecular formula is C13H19N7O3. The maximum absolute atomic E-state index is 10.9. The summed E-state index contributed by atoms with van der Waals surface area (Å²) in [6.45, 7) is 3.37. The average Bonchev–Trinajstić information content (AvgIpc) is 2.98. The molecule has 23 heavy (non-hydrogen) atoms. The molecule has 0 amide bonds. The third kappa shape index (κ3) is 4.36. The molecule has 0 radical (unpaired) electrons. The van der Waals surface area contributed by atoms with Gasteiger partial charge in [-0.2, -0.15) is 0 Å². The van der Waals surface area contributed by atoms with Gasteiger partial charge in [-0.15, -0.1) is 5.10 Å². The van der Waals surface area contributed by atoms with Crippen LogP contribution in [0.25, 0.3) is 0 Å². The van der Waals surface area contributed by atoms with Gasteiger partial charge in [0, 0.05) is 25.2 Å². The van der Waals surface area contributed by atoms with Crippen LogP contribution >= 0.6 is 0 Å². The number of aliphatic hydroxyl groups excluding tert-OH is 1. The highest BCUT2D eigenvalue weighted by molar-refractivity contribution is 5.71. The van der Waals surface area contributed by atoms with E-state index in [0.717, 1.165) is 6.42 Å². The zero-order valence-electron chi connectivity index (χ0n) is 12.8. The predicted molar refractivity (Wildman–Crippen MR) is 84.1 cm³/mol. The van der Waals surface area contributed by atoms with Gasteiger partial charge in [0.25, 0.3) is 5.69 Å². The summed E-state index contributed by atoms with van der Waals surface area (Å²) in [6.07, 6.45) is 0.901. The molecule has 0 aliphatic carbocycles. The fourth-order valence-corrected chi connectivity index (χ4v) is 2.05. The van der Waals surface area contributed by atoms with Crippen molar-refractivity contribution in [2.75, 3.05) is 23.8 Å². The Balaban J connectivity index is 2.16. The van der Waals surface area contributed by atoms with Crippen molar-refractivity contribution in [3.8, 4) is 0 Å². The number of anilines is 2. The first-order chi connectivity index (χ1) is 11.2. The molecular weight excluding hydrogens is 302 g/mol. The van der Waals surface area contributed by atoms with Crippen molar-refractivity contribution in [3.63, 3.8) is 0 Å². The van der Waals surface area contributed by atoms with Crippen molar-refractivity contribution >= 4 is 17.1 Å². The minimum absolute atomic E-state index is 0.0183. The number of nitrogens with zero attached hydrogens (tertiary/aromatic N) is 5. The van der Waals surface area contributed by atoms with Gasteiger partial charge in [0.1, 0.15) is 0 Å². The van der Waals surface area contributed by atoms with Gasteiger partial charge in [-0.1, -0.05) is 6.92 Å². The van der Waals surface area contributed by atoms with E-state index in [1.165, 1.54) is 12.1 Å². The van der Waals surface area contributed by atoms with E-state index in [1.807, 2.05) is 6.92 Å². The number of nitrogens with one attached hydrogen (secondary N) is 2. The molecule has 1 aromatic carbocycles. The average molecular weight is 321 g/mol. The Morgan fingerprint density at radius 1 is 1.35 bits per heavy atom. The zero-order chi connectivity index (χ0) is 16.7. The Kier molecular flexibility index (Phi) is 5.80. The van der Waals surface area contributed by atoms with E-state index in [9.17, 15) is 10.1 Å². The number of nitro benzene ring substituents is 1. The summed E-state index contributed by atoms with van der Waals surface area (Å²) < 4.78 is 1.69. The Morgan fingerprint density at radius 3 is 2.87 bits per heavy atom. The van der Waals surface area contributed by atoms with Crippen LogP contribution in [0.15, 0.2) is 18.2 Å². The van der Waals surface area contributed by atoms with Gasteiger partial charge in [0.05, 0.1) is 29.4 Å². The Morgan fingerprint density at radius 2 is 2.17 bits per heavy atom. The van der Waals surface area contributed by atoms with Crippen LogP contribution in [-0.2, 0) is 13.1 Å². The molecule has 0 spiro atoms. The fourth-order valence-electron chi connectivity index (χ4n) is 2.05. The number of aromatic nitrogens is 4. The second-order valence-electron chi connectivity index (χ2n) is 4.81. The lowest BCUT2D eigenvalue weighted by molar-refractivity contribution is -0.384. The number of aliphatic hydroxyl groups is 1. The monoisotopic (exact) mass is 321 g/mol. The van der Waals surface area contributed by atoms with Crippen molar-refractivity contribution in [3.05, 3.63) is 34.1 Å². The number of rotatable bonds is 9. The quantitative estimate of drug-likeness (QED) is 0.460. The molecule has 10 nitrogen and oxygen atoms in total. The van der Waals surface area contributed by atoms with Gasteiger partial charge in [0.15, 0.2) is 5.82 Å². The SMILES string of the molecule is CCCn1nnnc1CNc1cc([N+](=O)[O-])ccc1NCCO. The third-order valence-electron chi connectivity index (χ3n) is 3.12. The first-order valence-corrected chi connectivity index (χ1v) is 7.27. The molecule has 0 unspecified atom stereocenters. The van der Waals surface area contributed by atoms with E-state index in [0.29, 0.717) is 36.8 Å². The molecule has 1 aromatic heterocycles. The molecule has 124 valence electrons. The molecule has 2 aromatic rings. The van der Waals surface area contributed by atoms with Crippen molar-refractivity contribution in [1.82, 2.24) is 20.2 Å². The highest BCUT2D eigenvalue weighted by Crippen LogP contribution is 2.27. The number of hydrogen-bond donors (Lipinski definition) is 3. The molecule has 0 saturated heterocycles. The number of aryl methyl sites for hydroxylation is 1. The summed E-state index contributed by atoms with van der Waals surface area (Å²) >= 11 is 0. The molecule has 0 atom stereocenters. The lowest BCUT2D eigenvalue weighted by Crippen LogP contribution is -2.12. The first-order valence-electron chi connectivity index (χ1n) is 7.27. The lowest BCUT2D eigenvalue weighted by Gasteiger charge is -2.13. The summed E-state index contributed by atoms with van der Waals surface area (Å²) in [5.41, 5.74) is 1.20. The summed E-state index contributed by atoms with van der Waals surface area (Å²) in [4.78, 5) is 10.5. The Labute approximate surface area is 132 Å². The Hall–Kier alpha value is -2.75. The number of hydrogen-bond acceptors (Lipinski definition) is 8. The van der Waals surface area contributed by atoms with Crippen molar-refractivity contribution < 1.29 is 10.0 Å². The van der Waals surface area contributed by atoms with Gasteiger partial charge >= 0.3 is 0 Å². The van der Waals surface area contributed by atoms with E-state index in [4.69, 9.17) is 5.11 Å². The van der Waals surface area contributed by atoms with E-state index in [-0.39, 0.29) is 12.3 Å². The summed E-state index contributed by atoms with van der Waals surface area (Å²) in [6, 6.07) is 4.45. The van der Waals surface area contributed by atoms with Gasteiger partial charge in [0.2, 0.25) is 0 Å². The first kappa shape index (κ1) is 16.6. The van der Waals surface area contributed by atoms with Crippen LogP contribution in [-0.4, -0.2) is 43.4 Å². The maximum Gasteiger partial charge on any atom is 0.271 e. The van der Waals surface area contributed by atoms with E-state index >= 15 is 0 Å². The summed E-state index contributed by atoms with van der Waals surface area (Å²) in [5, 5.41) is 37.4. The molecule has 0 aliphatic rings. The molecule has 0 aliphatic heterocycles. The van der Waals surface area contributed by atoms with Gasteiger partial charge in [-0.05, 0) is 22.9 Å². The van der Waals surface area contributed by atoms with Crippen LogP contribution in [0.1, 0.15) is 19.2 Å². The second kappa shape index (κ2) is 8.03. The Bertz CT molecular complexity index is 659. The third-order valence-corrected chi connectivity index (χ3v) is 3.12. The van der Waals surface area contributed by atoms with E-state index in [1.54, 1.807) is 10.7 Å². The summed E-state index contributed by atoms with van der Waals surface area (Å²) in [5.74, 6) is 0.645. The minimum Gasteiger partial charge on any atom is -0.395 e. The van der Waals surface area contributed by atoms with Crippen molar-refractivity contribution in [2.45, 2.75) is 26.4 Å². The van der Waals surface area contributed by atoms with E-state index < -0.39 is 4.92 Å².